The molecule has 0 saturated heterocycles. The summed E-state index contributed by atoms with van der Waals surface area (Å²) in [6.45, 7) is 2.06. The number of carbonyl (C=O) groups excluding carboxylic acids is 1. The van der Waals surface area contributed by atoms with Crippen LogP contribution in [0.1, 0.15) is 45.4 Å². The monoisotopic (exact) mass is 201 g/mol. The SMILES string of the molecule is CCCCCC(=O)[C@@H](N)CCC(=O)O. The molecule has 0 heterocycles. The van der Waals surface area contributed by atoms with Crippen molar-refractivity contribution in [2.24, 2.45) is 5.73 Å². The lowest BCUT2D eigenvalue weighted by molar-refractivity contribution is -0.137. The van der Waals surface area contributed by atoms with Gasteiger partial charge in [0.05, 0.1) is 6.04 Å². The van der Waals surface area contributed by atoms with Crippen molar-refractivity contribution < 1.29 is 14.7 Å². The molecule has 14 heavy (non-hydrogen) atoms. The summed E-state index contributed by atoms with van der Waals surface area (Å²) in [5.74, 6) is -0.915. The van der Waals surface area contributed by atoms with Gasteiger partial charge in [0.25, 0.3) is 0 Å². The van der Waals surface area contributed by atoms with E-state index in [9.17, 15) is 9.59 Å². The smallest absolute Gasteiger partial charge is 0.303 e. The maximum absolute atomic E-state index is 11.3. The van der Waals surface area contributed by atoms with Crippen LogP contribution in [-0.4, -0.2) is 22.9 Å². The van der Waals surface area contributed by atoms with Crippen molar-refractivity contribution in [1.82, 2.24) is 0 Å². The molecule has 0 spiro atoms. The van der Waals surface area contributed by atoms with E-state index in [1.165, 1.54) is 0 Å². The number of hydrogen-bond acceptors (Lipinski definition) is 3. The van der Waals surface area contributed by atoms with Crippen molar-refractivity contribution >= 4 is 11.8 Å². The van der Waals surface area contributed by atoms with Crippen LogP contribution < -0.4 is 5.73 Å². The molecule has 0 saturated carbocycles. The van der Waals surface area contributed by atoms with E-state index in [0.717, 1.165) is 19.3 Å². The minimum Gasteiger partial charge on any atom is -0.481 e. The van der Waals surface area contributed by atoms with Crippen molar-refractivity contribution in [2.45, 2.75) is 51.5 Å². The second-order valence-electron chi connectivity index (χ2n) is 3.46. The van der Waals surface area contributed by atoms with Crippen molar-refractivity contribution in [3.05, 3.63) is 0 Å². The highest BCUT2D eigenvalue weighted by molar-refractivity contribution is 5.84. The van der Waals surface area contributed by atoms with E-state index in [-0.39, 0.29) is 18.6 Å². The summed E-state index contributed by atoms with van der Waals surface area (Å²) in [6, 6.07) is -0.594. The molecular weight excluding hydrogens is 182 g/mol. The third kappa shape index (κ3) is 6.60. The topological polar surface area (TPSA) is 80.4 Å². The maximum Gasteiger partial charge on any atom is 0.303 e. The molecule has 4 heteroatoms. The Bertz CT molecular complexity index is 192. The largest absolute Gasteiger partial charge is 0.481 e. The van der Waals surface area contributed by atoms with Gasteiger partial charge in [0.1, 0.15) is 5.78 Å². The first-order valence-corrected chi connectivity index (χ1v) is 5.08. The fourth-order valence-corrected chi connectivity index (χ4v) is 1.17. The number of aliphatic carboxylic acids is 1. The van der Waals surface area contributed by atoms with Crippen molar-refractivity contribution in [2.75, 3.05) is 0 Å². The highest BCUT2D eigenvalue weighted by Crippen LogP contribution is 2.04. The number of hydrogen-bond donors (Lipinski definition) is 2. The molecule has 0 bridgehead atoms. The van der Waals surface area contributed by atoms with E-state index >= 15 is 0 Å². The van der Waals surface area contributed by atoms with Crippen molar-refractivity contribution in [3.63, 3.8) is 0 Å². The molecule has 0 aromatic heterocycles. The highest BCUT2D eigenvalue weighted by Gasteiger charge is 2.13. The number of carbonyl (C=O) groups is 2. The Morgan fingerprint density at radius 2 is 1.93 bits per heavy atom. The average Bonchev–Trinajstić information content (AvgIpc) is 2.14. The molecule has 0 rings (SSSR count). The van der Waals surface area contributed by atoms with Gasteiger partial charge in [0, 0.05) is 12.8 Å². The van der Waals surface area contributed by atoms with Crippen molar-refractivity contribution in [3.8, 4) is 0 Å². The number of rotatable bonds is 8. The Balaban J connectivity index is 3.59. The van der Waals surface area contributed by atoms with Gasteiger partial charge < -0.3 is 10.8 Å². The normalized spacial score (nSPS) is 12.4. The van der Waals surface area contributed by atoms with Gasteiger partial charge in [0.15, 0.2) is 0 Å². The van der Waals surface area contributed by atoms with Gasteiger partial charge in [0.2, 0.25) is 0 Å². The first-order valence-electron chi connectivity index (χ1n) is 5.08. The molecule has 0 radical (unpaired) electrons. The van der Waals surface area contributed by atoms with Crippen LogP contribution in [0.3, 0.4) is 0 Å². The first-order chi connectivity index (χ1) is 6.57. The third-order valence-corrected chi connectivity index (χ3v) is 2.11. The molecule has 82 valence electrons. The standard InChI is InChI=1S/C10H19NO3/c1-2-3-4-5-9(12)8(11)6-7-10(13)14/h8H,2-7,11H2,1H3,(H,13,14)/t8-/m0/s1. The molecule has 0 fully saturated rings. The van der Waals surface area contributed by atoms with Crippen LogP contribution in [0.5, 0.6) is 0 Å². The number of unbranched alkanes of at least 4 members (excludes halogenated alkanes) is 2. The molecule has 0 unspecified atom stereocenters. The van der Waals surface area contributed by atoms with Gasteiger partial charge in [-0.25, -0.2) is 0 Å². The Labute approximate surface area is 84.5 Å². The van der Waals surface area contributed by atoms with Crippen LogP contribution in [0, 0.1) is 0 Å². The predicted octanol–water partition coefficient (Wildman–Crippen LogP) is 1.33. The molecule has 0 aliphatic carbocycles. The fraction of sp³-hybridized carbons (Fsp3) is 0.800. The first kappa shape index (κ1) is 13.1. The van der Waals surface area contributed by atoms with Crippen molar-refractivity contribution in [1.29, 1.82) is 0 Å². The lowest BCUT2D eigenvalue weighted by Gasteiger charge is -2.08. The molecule has 0 aromatic rings. The van der Waals surface area contributed by atoms with E-state index in [2.05, 4.69) is 6.92 Å². The number of Topliss-reactive ketones (excluding diaryl/α,β-unsaturated/α-hetero) is 1. The summed E-state index contributed by atoms with van der Waals surface area (Å²) in [6.07, 6.45) is 3.65. The summed E-state index contributed by atoms with van der Waals surface area (Å²) in [4.78, 5) is 21.5. The molecular formula is C10H19NO3. The molecule has 1 atom stereocenters. The number of carboxylic acids is 1. The summed E-state index contributed by atoms with van der Waals surface area (Å²) < 4.78 is 0. The zero-order chi connectivity index (χ0) is 11.0. The summed E-state index contributed by atoms with van der Waals surface area (Å²) in [7, 11) is 0. The summed E-state index contributed by atoms with van der Waals surface area (Å²) in [5, 5.41) is 8.39. The second kappa shape index (κ2) is 7.50. The van der Waals surface area contributed by atoms with Crippen LogP contribution in [0.4, 0.5) is 0 Å². The van der Waals surface area contributed by atoms with Crippen LogP contribution >= 0.6 is 0 Å². The van der Waals surface area contributed by atoms with Gasteiger partial charge in [-0.05, 0) is 12.8 Å². The van der Waals surface area contributed by atoms with Crippen LogP contribution in [0.25, 0.3) is 0 Å². The van der Waals surface area contributed by atoms with Gasteiger partial charge >= 0.3 is 5.97 Å². The molecule has 4 nitrogen and oxygen atoms in total. The van der Waals surface area contributed by atoms with Gasteiger partial charge in [-0.3, -0.25) is 9.59 Å². The fourth-order valence-electron chi connectivity index (χ4n) is 1.17. The molecule has 0 amide bonds. The van der Waals surface area contributed by atoms with E-state index in [4.69, 9.17) is 10.8 Å². The van der Waals surface area contributed by atoms with Crippen LogP contribution in [0.15, 0.2) is 0 Å². The van der Waals surface area contributed by atoms with E-state index in [0.29, 0.717) is 6.42 Å². The van der Waals surface area contributed by atoms with Gasteiger partial charge in [-0.1, -0.05) is 19.8 Å². The third-order valence-electron chi connectivity index (χ3n) is 2.11. The Hall–Kier alpha value is -0.900. The Kier molecular flexibility index (Phi) is 7.02. The second-order valence-corrected chi connectivity index (χ2v) is 3.46. The number of nitrogens with two attached hydrogens (primary N) is 1. The molecule has 3 N–H and O–H groups in total. The number of carboxylic acid groups (broad SMARTS) is 1. The lowest BCUT2D eigenvalue weighted by Crippen LogP contribution is -2.30. The zero-order valence-electron chi connectivity index (χ0n) is 8.66. The summed E-state index contributed by atoms with van der Waals surface area (Å²) >= 11 is 0. The Morgan fingerprint density at radius 1 is 1.29 bits per heavy atom. The zero-order valence-corrected chi connectivity index (χ0v) is 8.66. The van der Waals surface area contributed by atoms with E-state index in [1.54, 1.807) is 0 Å². The molecule has 0 aliphatic heterocycles. The van der Waals surface area contributed by atoms with Gasteiger partial charge in [-0.15, -0.1) is 0 Å². The average molecular weight is 201 g/mol. The van der Waals surface area contributed by atoms with Gasteiger partial charge in [-0.2, -0.15) is 0 Å². The molecule has 0 aliphatic rings. The van der Waals surface area contributed by atoms with Crippen LogP contribution in [0.2, 0.25) is 0 Å². The maximum atomic E-state index is 11.3. The minimum absolute atomic E-state index is 0.0142. The van der Waals surface area contributed by atoms with Crippen LogP contribution in [-0.2, 0) is 9.59 Å². The highest BCUT2D eigenvalue weighted by atomic mass is 16.4. The minimum atomic E-state index is -0.901. The Morgan fingerprint density at radius 3 is 2.43 bits per heavy atom. The lowest BCUT2D eigenvalue weighted by atomic mass is 10.0. The predicted molar refractivity (Wildman–Crippen MR) is 54.0 cm³/mol. The number of ketones is 1. The van der Waals surface area contributed by atoms with E-state index < -0.39 is 12.0 Å². The van der Waals surface area contributed by atoms with E-state index in [1.807, 2.05) is 0 Å². The molecule has 0 aromatic carbocycles. The quantitative estimate of drug-likeness (QED) is 0.580. The summed E-state index contributed by atoms with van der Waals surface area (Å²) in [5.41, 5.74) is 5.53.